The fourth-order valence-corrected chi connectivity index (χ4v) is 4.86. The number of carbonyl (C=O) groups is 1. The third-order valence-electron chi connectivity index (χ3n) is 5.17. The number of amides is 1. The Kier molecular flexibility index (Phi) is 7.92. The van der Waals surface area contributed by atoms with Crippen molar-refractivity contribution in [1.29, 1.82) is 0 Å². The summed E-state index contributed by atoms with van der Waals surface area (Å²) in [4.78, 5) is 12.7. The molecule has 11 heteroatoms. The maximum Gasteiger partial charge on any atom is 0.416 e. The molecule has 186 valence electrons. The van der Waals surface area contributed by atoms with Crippen molar-refractivity contribution in [3.05, 3.63) is 105 Å². The van der Waals surface area contributed by atoms with Crippen LogP contribution in [0.2, 0.25) is 10.0 Å². The quantitative estimate of drug-likeness (QED) is 0.249. The van der Waals surface area contributed by atoms with Gasteiger partial charge < -0.3 is 5.32 Å². The number of hydrogen-bond donors (Lipinski definition) is 1. The van der Waals surface area contributed by atoms with Gasteiger partial charge in [-0.1, -0.05) is 65.3 Å². The lowest BCUT2D eigenvalue weighted by atomic mass is 10.1. The molecule has 0 atom stereocenters. The number of rotatable bonds is 7. The molecule has 4 aromatic rings. The largest absolute Gasteiger partial charge is 0.416 e. The zero-order chi connectivity index (χ0) is 25.9. The lowest BCUT2D eigenvalue weighted by molar-refractivity contribution is -0.137. The van der Waals surface area contributed by atoms with Crippen LogP contribution in [0.5, 0.6) is 0 Å². The Labute approximate surface area is 219 Å². The molecule has 0 aliphatic heterocycles. The summed E-state index contributed by atoms with van der Waals surface area (Å²) in [6.45, 7) is 1.98. The molecule has 0 fully saturated rings. The number of aryl methyl sites for hydroxylation is 1. The standard InChI is InChI=1S/C25H19Cl2F3N4OS/c1-15-4-2-7-19(10-15)34-22(13-31-23(35)20-9-8-18(26)12-21(20)27)32-33-24(34)36-14-16-5-3-6-17(11-16)25(28,29)30/h2-12H,13-14H2,1H3,(H,31,35). The second-order valence-corrected chi connectivity index (χ2v) is 9.65. The fraction of sp³-hybridized carbons (Fsp3) is 0.160. The molecule has 3 aromatic carbocycles. The average molecular weight is 551 g/mol. The molecule has 0 spiro atoms. The van der Waals surface area contributed by atoms with Crippen molar-refractivity contribution in [2.24, 2.45) is 0 Å². The maximum absolute atomic E-state index is 13.1. The van der Waals surface area contributed by atoms with Crippen LogP contribution in [-0.2, 0) is 18.5 Å². The Morgan fingerprint density at radius 3 is 2.53 bits per heavy atom. The lowest BCUT2D eigenvalue weighted by Gasteiger charge is -2.12. The average Bonchev–Trinajstić information content (AvgIpc) is 3.23. The molecule has 1 heterocycles. The van der Waals surface area contributed by atoms with Gasteiger partial charge in [-0.15, -0.1) is 10.2 Å². The Balaban J connectivity index is 1.58. The molecular weight excluding hydrogens is 532 g/mol. The van der Waals surface area contributed by atoms with Crippen LogP contribution < -0.4 is 5.32 Å². The summed E-state index contributed by atoms with van der Waals surface area (Å²) in [7, 11) is 0. The zero-order valence-electron chi connectivity index (χ0n) is 18.8. The molecule has 0 aliphatic rings. The molecule has 1 amide bonds. The van der Waals surface area contributed by atoms with E-state index >= 15 is 0 Å². The smallest absolute Gasteiger partial charge is 0.345 e. The predicted octanol–water partition coefficient (Wildman–Crippen LogP) is 7.12. The van der Waals surface area contributed by atoms with Gasteiger partial charge in [0.1, 0.15) is 0 Å². The van der Waals surface area contributed by atoms with Gasteiger partial charge in [0.15, 0.2) is 11.0 Å². The van der Waals surface area contributed by atoms with Gasteiger partial charge in [-0.2, -0.15) is 13.2 Å². The second-order valence-electron chi connectivity index (χ2n) is 7.87. The zero-order valence-corrected chi connectivity index (χ0v) is 21.1. The number of benzene rings is 3. The number of thioether (sulfide) groups is 1. The normalized spacial score (nSPS) is 11.5. The van der Waals surface area contributed by atoms with Crippen LogP contribution in [0.25, 0.3) is 5.69 Å². The highest BCUT2D eigenvalue weighted by molar-refractivity contribution is 7.98. The van der Waals surface area contributed by atoms with E-state index in [1.807, 2.05) is 31.2 Å². The monoisotopic (exact) mass is 550 g/mol. The Bertz CT molecular complexity index is 1410. The molecule has 1 aromatic heterocycles. The van der Waals surface area contributed by atoms with Crippen molar-refractivity contribution < 1.29 is 18.0 Å². The van der Waals surface area contributed by atoms with Crippen molar-refractivity contribution in [1.82, 2.24) is 20.1 Å². The van der Waals surface area contributed by atoms with E-state index in [1.54, 1.807) is 16.7 Å². The molecule has 0 bridgehead atoms. The lowest BCUT2D eigenvalue weighted by Crippen LogP contribution is -2.25. The minimum absolute atomic E-state index is 0.0445. The van der Waals surface area contributed by atoms with Crippen LogP contribution in [0.4, 0.5) is 13.2 Å². The number of nitrogens with zero attached hydrogens (tertiary/aromatic N) is 3. The summed E-state index contributed by atoms with van der Waals surface area (Å²) in [5.74, 6) is 0.292. The van der Waals surface area contributed by atoms with Crippen molar-refractivity contribution in [2.45, 2.75) is 30.6 Å². The van der Waals surface area contributed by atoms with Gasteiger partial charge in [0.05, 0.1) is 22.7 Å². The first kappa shape index (κ1) is 26.1. The Morgan fingerprint density at radius 2 is 1.81 bits per heavy atom. The first-order valence-electron chi connectivity index (χ1n) is 10.7. The topological polar surface area (TPSA) is 59.8 Å². The van der Waals surface area contributed by atoms with E-state index in [1.165, 1.54) is 30.0 Å². The van der Waals surface area contributed by atoms with E-state index in [-0.39, 0.29) is 22.9 Å². The third kappa shape index (κ3) is 6.21. The van der Waals surface area contributed by atoms with Gasteiger partial charge in [0, 0.05) is 16.5 Å². The van der Waals surface area contributed by atoms with Crippen LogP contribution in [0.1, 0.15) is 32.9 Å². The van der Waals surface area contributed by atoms with Crippen LogP contribution in [-0.4, -0.2) is 20.7 Å². The first-order valence-corrected chi connectivity index (χ1v) is 12.4. The van der Waals surface area contributed by atoms with Gasteiger partial charge in [-0.25, -0.2) is 0 Å². The van der Waals surface area contributed by atoms with E-state index in [2.05, 4.69) is 15.5 Å². The van der Waals surface area contributed by atoms with Crippen LogP contribution >= 0.6 is 35.0 Å². The molecule has 0 saturated heterocycles. The first-order chi connectivity index (χ1) is 17.1. The minimum Gasteiger partial charge on any atom is -0.345 e. The summed E-state index contributed by atoms with van der Waals surface area (Å²) in [6, 6.07) is 17.4. The second kappa shape index (κ2) is 10.9. The number of halogens is 5. The summed E-state index contributed by atoms with van der Waals surface area (Å²) in [5.41, 5.74) is 1.82. The number of carbonyl (C=O) groups excluding carboxylic acids is 1. The number of nitrogens with one attached hydrogen (secondary N) is 1. The van der Waals surface area contributed by atoms with Gasteiger partial charge in [-0.05, 0) is 54.4 Å². The molecule has 0 saturated carbocycles. The molecule has 4 rings (SSSR count). The molecule has 1 N–H and O–H groups in total. The third-order valence-corrected chi connectivity index (χ3v) is 6.71. The summed E-state index contributed by atoms with van der Waals surface area (Å²) >= 11 is 13.3. The minimum atomic E-state index is -4.42. The molecule has 36 heavy (non-hydrogen) atoms. The molecule has 5 nitrogen and oxygen atoms in total. The van der Waals surface area contributed by atoms with Crippen LogP contribution in [0.15, 0.2) is 71.9 Å². The number of alkyl halides is 3. The van der Waals surface area contributed by atoms with Crippen LogP contribution in [0, 0.1) is 6.92 Å². The SMILES string of the molecule is Cc1cccc(-n2c(CNC(=O)c3ccc(Cl)cc3Cl)nnc2SCc2cccc(C(F)(F)F)c2)c1. The van der Waals surface area contributed by atoms with E-state index in [0.717, 1.165) is 23.4 Å². The van der Waals surface area contributed by atoms with Crippen molar-refractivity contribution in [3.63, 3.8) is 0 Å². The highest BCUT2D eigenvalue weighted by Gasteiger charge is 2.30. The van der Waals surface area contributed by atoms with Crippen LogP contribution in [0.3, 0.4) is 0 Å². The van der Waals surface area contributed by atoms with Gasteiger partial charge in [-0.3, -0.25) is 9.36 Å². The molecule has 0 radical (unpaired) electrons. The molecular formula is C25H19Cl2F3N4OS. The van der Waals surface area contributed by atoms with Crippen molar-refractivity contribution in [2.75, 3.05) is 0 Å². The highest BCUT2D eigenvalue weighted by atomic mass is 35.5. The summed E-state index contributed by atoms with van der Waals surface area (Å²) in [6.07, 6.45) is -4.42. The van der Waals surface area contributed by atoms with E-state index in [4.69, 9.17) is 23.2 Å². The predicted molar refractivity (Wildman–Crippen MR) is 135 cm³/mol. The molecule has 0 aliphatic carbocycles. The van der Waals surface area contributed by atoms with Gasteiger partial charge >= 0.3 is 6.18 Å². The summed E-state index contributed by atoms with van der Waals surface area (Å²) in [5, 5.41) is 12.4. The number of hydrogen-bond acceptors (Lipinski definition) is 4. The molecule has 0 unspecified atom stereocenters. The van der Waals surface area contributed by atoms with E-state index in [0.29, 0.717) is 21.6 Å². The fourth-order valence-electron chi connectivity index (χ4n) is 3.45. The van der Waals surface area contributed by atoms with E-state index < -0.39 is 17.6 Å². The van der Waals surface area contributed by atoms with Gasteiger partial charge in [0.25, 0.3) is 5.91 Å². The maximum atomic E-state index is 13.1. The number of aromatic nitrogens is 3. The summed E-state index contributed by atoms with van der Waals surface area (Å²) < 4.78 is 41.1. The highest BCUT2D eigenvalue weighted by Crippen LogP contribution is 2.32. The van der Waals surface area contributed by atoms with E-state index in [9.17, 15) is 18.0 Å². The Morgan fingerprint density at radius 1 is 1.03 bits per heavy atom. The van der Waals surface area contributed by atoms with Crippen molar-refractivity contribution in [3.8, 4) is 5.69 Å². The van der Waals surface area contributed by atoms with Gasteiger partial charge in [0.2, 0.25) is 0 Å². The van der Waals surface area contributed by atoms with Crippen molar-refractivity contribution >= 4 is 40.9 Å². The Hall–Kier alpha value is -3.01.